The maximum Gasteiger partial charge on any atom is 0.246 e. The molecule has 2 aromatic rings. The van der Waals surface area contributed by atoms with Gasteiger partial charge < -0.3 is 9.80 Å². The molecule has 3 heterocycles. The van der Waals surface area contributed by atoms with E-state index in [-0.39, 0.29) is 5.91 Å². The zero-order valence-electron chi connectivity index (χ0n) is 17.4. The van der Waals surface area contributed by atoms with Gasteiger partial charge in [0.2, 0.25) is 5.91 Å². The minimum Gasteiger partial charge on any atom is -0.354 e. The van der Waals surface area contributed by atoms with Gasteiger partial charge in [-0.05, 0) is 30.9 Å². The normalized spacial score (nSPS) is 20.3. The summed E-state index contributed by atoms with van der Waals surface area (Å²) in [7, 11) is 0. The van der Waals surface area contributed by atoms with Crippen LogP contribution >= 0.6 is 0 Å². The van der Waals surface area contributed by atoms with Crippen molar-refractivity contribution in [3.8, 4) is 0 Å². The van der Waals surface area contributed by atoms with E-state index in [1.165, 1.54) is 24.8 Å². The van der Waals surface area contributed by atoms with Crippen molar-refractivity contribution >= 4 is 17.8 Å². The molecule has 1 aliphatic carbocycles. The monoisotopic (exact) mass is 403 g/mol. The van der Waals surface area contributed by atoms with Crippen molar-refractivity contribution in [3.63, 3.8) is 0 Å². The predicted molar refractivity (Wildman–Crippen MR) is 118 cm³/mol. The van der Waals surface area contributed by atoms with Gasteiger partial charge in [0, 0.05) is 50.4 Å². The van der Waals surface area contributed by atoms with Crippen molar-refractivity contribution in [2.75, 3.05) is 37.6 Å². The molecule has 156 valence electrons. The molecule has 1 saturated heterocycles. The van der Waals surface area contributed by atoms with Gasteiger partial charge in [-0.25, -0.2) is 9.97 Å². The number of aromatic nitrogens is 2. The summed E-state index contributed by atoms with van der Waals surface area (Å²) in [5, 5.41) is 0. The summed E-state index contributed by atoms with van der Waals surface area (Å²) >= 11 is 0. The molecule has 5 rings (SSSR count). The molecule has 1 saturated carbocycles. The lowest BCUT2D eigenvalue weighted by molar-refractivity contribution is -0.126. The van der Waals surface area contributed by atoms with E-state index in [0.29, 0.717) is 13.1 Å². The number of benzene rings is 1. The zero-order valence-corrected chi connectivity index (χ0v) is 17.4. The molecule has 0 unspecified atom stereocenters. The van der Waals surface area contributed by atoms with Crippen LogP contribution in [-0.4, -0.2) is 64.4 Å². The Hall–Kier alpha value is -2.73. The number of rotatable bonds is 4. The molecular formula is C24H29N5O. The Morgan fingerprint density at radius 2 is 1.80 bits per heavy atom. The number of hydrogen-bond donors (Lipinski definition) is 0. The van der Waals surface area contributed by atoms with Gasteiger partial charge >= 0.3 is 0 Å². The van der Waals surface area contributed by atoms with Gasteiger partial charge in [-0.2, -0.15) is 0 Å². The fourth-order valence-electron chi connectivity index (χ4n) is 4.69. The van der Waals surface area contributed by atoms with Crippen molar-refractivity contribution in [3.05, 3.63) is 59.6 Å². The van der Waals surface area contributed by atoms with Crippen LogP contribution in [0.4, 0.5) is 5.82 Å². The number of carbonyl (C=O) groups excluding carboxylic acids is 1. The van der Waals surface area contributed by atoms with Crippen LogP contribution in [0.25, 0.3) is 6.08 Å². The van der Waals surface area contributed by atoms with Crippen molar-refractivity contribution < 1.29 is 4.79 Å². The first-order valence-corrected chi connectivity index (χ1v) is 11.1. The first-order chi connectivity index (χ1) is 14.8. The van der Waals surface area contributed by atoms with Crippen molar-refractivity contribution in [1.29, 1.82) is 0 Å². The Balaban J connectivity index is 1.24. The molecular weight excluding hydrogens is 374 g/mol. The fraction of sp³-hybridized carbons (Fsp3) is 0.458. The molecule has 0 spiro atoms. The Kier molecular flexibility index (Phi) is 5.49. The predicted octanol–water partition coefficient (Wildman–Crippen LogP) is 2.75. The summed E-state index contributed by atoms with van der Waals surface area (Å²) < 4.78 is 0. The van der Waals surface area contributed by atoms with E-state index in [1.807, 2.05) is 41.3 Å². The second-order valence-corrected chi connectivity index (χ2v) is 8.48. The fourth-order valence-corrected chi connectivity index (χ4v) is 4.69. The average molecular weight is 404 g/mol. The van der Waals surface area contributed by atoms with Crippen LogP contribution < -0.4 is 4.90 Å². The van der Waals surface area contributed by atoms with Crippen LogP contribution in [0.2, 0.25) is 0 Å². The highest BCUT2D eigenvalue weighted by Crippen LogP contribution is 2.29. The standard InChI is InChI=1S/C24H29N5O/c30-23(10-9-19-5-2-1-3-6-19)29-12-11-21-22(17-29)25-18-26-24(21)28-15-13-27(14-16-28)20-7-4-8-20/h1-3,5-6,9-10,18,20H,4,7-8,11-17H2. The molecule has 3 aliphatic rings. The maximum atomic E-state index is 12.7. The third-order valence-electron chi connectivity index (χ3n) is 6.72. The highest BCUT2D eigenvalue weighted by Gasteiger charge is 2.30. The van der Waals surface area contributed by atoms with Gasteiger partial charge in [-0.3, -0.25) is 9.69 Å². The Morgan fingerprint density at radius 3 is 2.53 bits per heavy atom. The second-order valence-electron chi connectivity index (χ2n) is 8.48. The van der Waals surface area contributed by atoms with E-state index in [2.05, 4.69) is 19.8 Å². The number of carbonyl (C=O) groups is 1. The topological polar surface area (TPSA) is 52.6 Å². The SMILES string of the molecule is O=C(C=Cc1ccccc1)N1CCc2c(ncnc2N2CCN(C3CCC3)CC2)C1. The molecule has 6 nitrogen and oxygen atoms in total. The first-order valence-electron chi connectivity index (χ1n) is 11.1. The lowest BCUT2D eigenvalue weighted by Crippen LogP contribution is -2.52. The Bertz CT molecular complexity index is 916. The third kappa shape index (κ3) is 3.97. The van der Waals surface area contributed by atoms with Crippen LogP contribution in [0, 0.1) is 0 Å². The second kappa shape index (κ2) is 8.56. The first kappa shape index (κ1) is 19.2. The molecule has 0 atom stereocenters. The molecule has 2 fully saturated rings. The Labute approximate surface area is 178 Å². The smallest absolute Gasteiger partial charge is 0.246 e. The molecule has 2 aliphatic heterocycles. The van der Waals surface area contributed by atoms with Crippen LogP contribution in [0.3, 0.4) is 0 Å². The summed E-state index contributed by atoms with van der Waals surface area (Å²) in [4.78, 5) is 28.8. The molecule has 1 aromatic carbocycles. The van der Waals surface area contributed by atoms with Crippen LogP contribution in [-0.2, 0) is 17.8 Å². The van der Waals surface area contributed by atoms with Crippen molar-refractivity contribution in [2.45, 2.75) is 38.3 Å². The molecule has 6 heteroatoms. The van der Waals surface area contributed by atoms with Gasteiger partial charge in [0.05, 0.1) is 12.2 Å². The number of nitrogens with zero attached hydrogens (tertiary/aromatic N) is 5. The minimum absolute atomic E-state index is 0.0405. The van der Waals surface area contributed by atoms with Crippen LogP contribution in [0.15, 0.2) is 42.7 Å². The highest BCUT2D eigenvalue weighted by atomic mass is 16.2. The summed E-state index contributed by atoms with van der Waals surface area (Å²) in [6.45, 7) is 5.58. The number of fused-ring (bicyclic) bond motifs is 1. The van der Waals surface area contributed by atoms with E-state index in [9.17, 15) is 4.79 Å². The lowest BCUT2D eigenvalue weighted by Gasteiger charge is -2.43. The number of anilines is 1. The van der Waals surface area contributed by atoms with E-state index in [0.717, 1.165) is 55.7 Å². The molecule has 0 bridgehead atoms. The van der Waals surface area contributed by atoms with Crippen molar-refractivity contribution in [2.24, 2.45) is 0 Å². The van der Waals surface area contributed by atoms with E-state index in [4.69, 9.17) is 0 Å². The van der Waals surface area contributed by atoms with Gasteiger partial charge in [0.1, 0.15) is 12.1 Å². The Morgan fingerprint density at radius 1 is 1.00 bits per heavy atom. The summed E-state index contributed by atoms with van der Waals surface area (Å²) in [5.41, 5.74) is 3.26. The highest BCUT2D eigenvalue weighted by molar-refractivity contribution is 5.91. The third-order valence-corrected chi connectivity index (χ3v) is 6.72. The quantitative estimate of drug-likeness (QED) is 0.735. The van der Waals surface area contributed by atoms with Crippen LogP contribution in [0.5, 0.6) is 0 Å². The summed E-state index contributed by atoms with van der Waals surface area (Å²) in [6.07, 6.45) is 10.2. The number of amides is 1. The molecule has 0 radical (unpaired) electrons. The number of piperazine rings is 1. The molecule has 0 N–H and O–H groups in total. The molecule has 1 aromatic heterocycles. The van der Waals surface area contributed by atoms with Gasteiger partial charge in [0.25, 0.3) is 0 Å². The largest absolute Gasteiger partial charge is 0.354 e. The van der Waals surface area contributed by atoms with Gasteiger partial charge in [-0.1, -0.05) is 36.8 Å². The van der Waals surface area contributed by atoms with Crippen molar-refractivity contribution in [1.82, 2.24) is 19.8 Å². The van der Waals surface area contributed by atoms with Crippen LogP contribution in [0.1, 0.15) is 36.1 Å². The zero-order chi connectivity index (χ0) is 20.3. The average Bonchev–Trinajstić information content (AvgIpc) is 2.77. The molecule has 1 amide bonds. The van der Waals surface area contributed by atoms with Gasteiger partial charge in [0.15, 0.2) is 0 Å². The summed E-state index contributed by atoms with van der Waals surface area (Å²) in [6, 6.07) is 10.7. The maximum absolute atomic E-state index is 12.7. The lowest BCUT2D eigenvalue weighted by atomic mass is 9.91. The molecule has 30 heavy (non-hydrogen) atoms. The minimum atomic E-state index is 0.0405. The summed E-state index contributed by atoms with van der Waals surface area (Å²) in [5.74, 6) is 1.12. The van der Waals surface area contributed by atoms with E-state index in [1.54, 1.807) is 12.4 Å². The van der Waals surface area contributed by atoms with Gasteiger partial charge in [-0.15, -0.1) is 0 Å². The van der Waals surface area contributed by atoms with E-state index >= 15 is 0 Å². The number of hydrogen-bond acceptors (Lipinski definition) is 5. The van der Waals surface area contributed by atoms with E-state index < -0.39 is 0 Å².